The molecule has 128 valence electrons. The number of hydrogen-bond donors (Lipinski definition) is 1. The summed E-state index contributed by atoms with van der Waals surface area (Å²) in [6.07, 6.45) is 4.18. The minimum Gasteiger partial charge on any atom is -0.453 e. The van der Waals surface area contributed by atoms with Gasteiger partial charge in [-0.05, 0) is 31.7 Å². The number of aryl methyl sites for hydroxylation is 1. The number of nitrogens with one attached hydrogen (secondary N) is 1. The van der Waals surface area contributed by atoms with Crippen LogP contribution in [-0.2, 0) is 20.7 Å². The van der Waals surface area contributed by atoms with Crippen LogP contribution in [0, 0.1) is 11.3 Å². The van der Waals surface area contributed by atoms with Crippen molar-refractivity contribution in [2.45, 2.75) is 63.5 Å². The molecule has 1 aromatic rings. The smallest absolute Gasteiger partial charge is 0.306 e. The Morgan fingerprint density at radius 3 is 2.54 bits per heavy atom. The van der Waals surface area contributed by atoms with Crippen molar-refractivity contribution in [1.82, 2.24) is 5.32 Å². The lowest BCUT2D eigenvalue weighted by molar-refractivity contribution is -0.155. The summed E-state index contributed by atoms with van der Waals surface area (Å²) in [5.41, 5.74) is 0.247. The maximum absolute atomic E-state index is 12.2. The average Bonchev–Trinajstić information content (AvgIpc) is 2.61. The first-order chi connectivity index (χ1) is 11.5. The van der Waals surface area contributed by atoms with E-state index >= 15 is 0 Å². The molecule has 1 saturated carbocycles. The highest BCUT2D eigenvalue weighted by atomic mass is 16.5. The highest BCUT2D eigenvalue weighted by molar-refractivity contribution is 5.84. The van der Waals surface area contributed by atoms with E-state index in [-0.39, 0.29) is 6.42 Å². The zero-order valence-corrected chi connectivity index (χ0v) is 14.1. The van der Waals surface area contributed by atoms with Gasteiger partial charge in [0.05, 0.1) is 6.07 Å². The number of nitrogens with zero attached hydrogens (tertiary/aromatic N) is 1. The van der Waals surface area contributed by atoms with Gasteiger partial charge in [-0.1, -0.05) is 49.6 Å². The number of carbonyl (C=O) groups is 2. The van der Waals surface area contributed by atoms with E-state index < -0.39 is 23.5 Å². The predicted octanol–water partition coefficient (Wildman–Crippen LogP) is 2.89. The van der Waals surface area contributed by atoms with Crippen molar-refractivity contribution in [1.29, 1.82) is 5.26 Å². The topological polar surface area (TPSA) is 79.2 Å². The maximum Gasteiger partial charge on any atom is 0.306 e. The average molecular weight is 328 g/mol. The van der Waals surface area contributed by atoms with Crippen LogP contribution in [0.15, 0.2) is 30.3 Å². The van der Waals surface area contributed by atoms with E-state index in [4.69, 9.17) is 4.74 Å². The summed E-state index contributed by atoms with van der Waals surface area (Å²) in [6.45, 7) is 1.55. The molecule has 0 radical (unpaired) electrons. The number of benzene rings is 1. The summed E-state index contributed by atoms with van der Waals surface area (Å²) in [6, 6.07) is 11.9. The Balaban J connectivity index is 1.80. The van der Waals surface area contributed by atoms with E-state index in [0.29, 0.717) is 19.3 Å². The van der Waals surface area contributed by atoms with Gasteiger partial charge in [0.25, 0.3) is 5.91 Å². The Morgan fingerprint density at radius 1 is 1.25 bits per heavy atom. The Kier molecular flexibility index (Phi) is 6.36. The van der Waals surface area contributed by atoms with Crippen molar-refractivity contribution in [3.05, 3.63) is 35.9 Å². The minimum absolute atomic E-state index is 0.227. The Bertz CT molecular complexity index is 601. The molecule has 0 bridgehead atoms. The molecule has 0 heterocycles. The van der Waals surface area contributed by atoms with Gasteiger partial charge in [-0.2, -0.15) is 5.26 Å². The third kappa shape index (κ3) is 5.09. The van der Waals surface area contributed by atoms with Crippen molar-refractivity contribution in [2.75, 3.05) is 0 Å². The normalized spacial score (nSPS) is 17.3. The van der Waals surface area contributed by atoms with Gasteiger partial charge in [0.15, 0.2) is 6.10 Å². The van der Waals surface area contributed by atoms with E-state index in [2.05, 4.69) is 11.4 Å². The minimum atomic E-state index is -0.888. The number of rotatable bonds is 6. The SMILES string of the molecule is CC(OC(=O)CCc1ccccc1)C(=O)NC1(C#N)CCCCC1. The zero-order valence-electron chi connectivity index (χ0n) is 14.1. The number of esters is 1. The molecular weight excluding hydrogens is 304 g/mol. The fourth-order valence-electron chi connectivity index (χ4n) is 2.96. The summed E-state index contributed by atoms with van der Waals surface area (Å²) in [7, 11) is 0. The van der Waals surface area contributed by atoms with E-state index in [0.717, 1.165) is 24.8 Å². The largest absolute Gasteiger partial charge is 0.453 e. The van der Waals surface area contributed by atoms with Gasteiger partial charge >= 0.3 is 5.97 Å². The van der Waals surface area contributed by atoms with Crippen molar-refractivity contribution in [2.24, 2.45) is 0 Å². The third-order valence-corrected chi connectivity index (χ3v) is 4.42. The lowest BCUT2D eigenvalue weighted by Gasteiger charge is -2.32. The molecule has 1 atom stereocenters. The molecule has 1 amide bonds. The van der Waals surface area contributed by atoms with Gasteiger partial charge < -0.3 is 10.1 Å². The maximum atomic E-state index is 12.2. The Morgan fingerprint density at radius 2 is 1.92 bits per heavy atom. The molecule has 0 aliphatic heterocycles. The fraction of sp³-hybridized carbons (Fsp3) is 0.526. The molecule has 1 aromatic carbocycles. The molecule has 1 unspecified atom stereocenters. The molecule has 0 saturated heterocycles. The molecule has 1 aliphatic carbocycles. The van der Waals surface area contributed by atoms with Gasteiger partial charge in [-0.15, -0.1) is 0 Å². The molecule has 1 aliphatic rings. The van der Waals surface area contributed by atoms with Gasteiger partial charge in [-0.25, -0.2) is 0 Å². The summed E-state index contributed by atoms with van der Waals surface area (Å²) in [5, 5.41) is 12.2. The Hall–Kier alpha value is -2.35. The van der Waals surface area contributed by atoms with E-state index in [1.807, 2.05) is 30.3 Å². The van der Waals surface area contributed by atoms with Crippen molar-refractivity contribution >= 4 is 11.9 Å². The van der Waals surface area contributed by atoms with Crippen LogP contribution in [0.1, 0.15) is 51.0 Å². The van der Waals surface area contributed by atoms with Crippen molar-refractivity contribution in [3.8, 4) is 6.07 Å². The van der Waals surface area contributed by atoms with Crippen LogP contribution in [-0.4, -0.2) is 23.5 Å². The van der Waals surface area contributed by atoms with Crippen molar-refractivity contribution in [3.63, 3.8) is 0 Å². The molecule has 5 heteroatoms. The number of nitriles is 1. The molecule has 24 heavy (non-hydrogen) atoms. The van der Waals surface area contributed by atoms with Crippen LogP contribution in [0.4, 0.5) is 0 Å². The second-order valence-electron chi connectivity index (χ2n) is 6.36. The van der Waals surface area contributed by atoms with Crippen LogP contribution in [0.3, 0.4) is 0 Å². The molecule has 0 aromatic heterocycles. The zero-order chi connectivity index (χ0) is 17.4. The molecule has 2 rings (SSSR count). The molecule has 1 fully saturated rings. The van der Waals surface area contributed by atoms with E-state index in [1.165, 1.54) is 0 Å². The molecule has 0 spiro atoms. The number of hydrogen-bond acceptors (Lipinski definition) is 4. The van der Waals surface area contributed by atoms with Crippen LogP contribution >= 0.6 is 0 Å². The lowest BCUT2D eigenvalue weighted by atomic mass is 9.83. The summed E-state index contributed by atoms with van der Waals surface area (Å²) >= 11 is 0. The summed E-state index contributed by atoms with van der Waals surface area (Å²) < 4.78 is 5.20. The fourth-order valence-corrected chi connectivity index (χ4v) is 2.96. The highest BCUT2D eigenvalue weighted by Crippen LogP contribution is 2.27. The van der Waals surface area contributed by atoms with Gasteiger partial charge in [0.2, 0.25) is 0 Å². The first-order valence-corrected chi connectivity index (χ1v) is 8.51. The quantitative estimate of drug-likeness (QED) is 0.814. The van der Waals surface area contributed by atoms with E-state index in [9.17, 15) is 14.9 Å². The standard InChI is InChI=1S/C19H24N2O3/c1-15(18(23)21-19(14-20)12-6-3-7-13-19)24-17(22)11-10-16-8-4-2-5-9-16/h2,4-5,8-9,15H,3,6-7,10-13H2,1H3,(H,21,23). The van der Waals surface area contributed by atoms with Gasteiger partial charge in [-0.3, -0.25) is 9.59 Å². The van der Waals surface area contributed by atoms with Crippen LogP contribution in [0.25, 0.3) is 0 Å². The highest BCUT2D eigenvalue weighted by Gasteiger charge is 2.35. The first kappa shape index (κ1) is 18.0. The number of carbonyl (C=O) groups excluding carboxylic acids is 2. The first-order valence-electron chi connectivity index (χ1n) is 8.51. The van der Waals surface area contributed by atoms with Crippen LogP contribution < -0.4 is 5.32 Å². The Labute approximate surface area is 143 Å². The van der Waals surface area contributed by atoms with Gasteiger partial charge in [0, 0.05) is 6.42 Å². The van der Waals surface area contributed by atoms with E-state index in [1.54, 1.807) is 6.92 Å². The monoisotopic (exact) mass is 328 g/mol. The predicted molar refractivity (Wildman–Crippen MR) is 89.9 cm³/mol. The van der Waals surface area contributed by atoms with Crippen LogP contribution in [0.2, 0.25) is 0 Å². The number of ether oxygens (including phenoxy) is 1. The lowest BCUT2D eigenvalue weighted by Crippen LogP contribution is -2.52. The second kappa shape index (κ2) is 8.49. The molecule has 5 nitrogen and oxygen atoms in total. The second-order valence-corrected chi connectivity index (χ2v) is 6.36. The third-order valence-electron chi connectivity index (χ3n) is 4.42. The summed E-state index contributed by atoms with van der Waals surface area (Å²) in [4.78, 5) is 24.2. The molecule has 1 N–H and O–H groups in total. The number of amides is 1. The molecular formula is C19H24N2O3. The summed E-state index contributed by atoms with van der Waals surface area (Å²) in [5.74, 6) is -0.803. The van der Waals surface area contributed by atoms with Crippen LogP contribution in [0.5, 0.6) is 0 Å². The van der Waals surface area contributed by atoms with Gasteiger partial charge in [0.1, 0.15) is 5.54 Å². The van der Waals surface area contributed by atoms with Crippen molar-refractivity contribution < 1.29 is 14.3 Å².